The summed E-state index contributed by atoms with van der Waals surface area (Å²) in [5.41, 5.74) is 0.267. The summed E-state index contributed by atoms with van der Waals surface area (Å²) in [7, 11) is 0. The van der Waals surface area contributed by atoms with Gasteiger partial charge in [0.05, 0.1) is 12.1 Å². The van der Waals surface area contributed by atoms with Gasteiger partial charge in [-0.05, 0) is 62.6 Å². The van der Waals surface area contributed by atoms with Crippen LogP contribution in [0.15, 0.2) is 60.9 Å². The highest BCUT2D eigenvalue weighted by atomic mass is 19.1. The lowest BCUT2D eigenvalue weighted by Gasteiger charge is -2.27. The predicted octanol–water partition coefficient (Wildman–Crippen LogP) is 4.21. The van der Waals surface area contributed by atoms with Crippen LogP contribution in [0.5, 0.6) is 11.5 Å². The standard InChI is InChI=1S/C26H32FN3O3/c1-21-28-13-16-30(21)17-18-32-23-9-7-22(8-10-23)19-29-14-4-11-26(31,12-15-29)20-33-25-6-3-2-5-24(25)27/h2-3,5-10,13,16,31H,4,11-12,14-15,17-20H2,1H3/t26-/m0/s1. The van der Waals surface area contributed by atoms with Gasteiger partial charge in [-0.1, -0.05) is 24.3 Å². The molecule has 1 aliphatic rings. The normalized spacial score (nSPS) is 19.2. The third kappa shape index (κ3) is 6.55. The molecule has 33 heavy (non-hydrogen) atoms. The van der Waals surface area contributed by atoms with Crippen LogP contribution in [0.3, 0.4) is 0 Å². The van der Waals surface area contributed by atoms with Crippen LogP contribution in [0.4, 0.5) is 4.39 Å². The monoisotopic (exact) mass is 453 g/mol. The summed E-state index contributed by atoms with van der Waals surface area (Å²) in [4.78, 5) is 6.56. The molecule has 1 aliphatic heterocycles. The van der Waals surface area contributed by atoms with Crippen LogP contribution in [0.1, 0.15) is 30.7 Å². The van der Waals surface area contributed by atoms with Gasteiger partial charge in [0.1, 0.15) is 24.8 Å². The summed E-state index contributed by atoms with van der Waals surface area (Å²) in [6, 6.07) is 14.5. The van der Waals surface area contributed by atoms with Gasteiger partial charge in [0, 0.05) is 25.5 Å². The van der Waals surface area contributed by atoms with Gasteiger partial charge in [-0.15, -0.1) is 0 Å². The Morgan fingerprint density at radius 3 is 2.64 bits per heavy atom. The minimum atomic E-state index is -0.942. The van der Waals surface area contributed by atoms with Gasteiger partial charge in [-0.3, -0.25) is 4.90 Å². The molecular formula is C26H32FN3O3. The molecule has 176 valence electrons. The Balaban J connectivity index is 1.23. The number of hydrogen-bond donors (Lipinski definition) is 1. The number of hydrogen-bond acceptors (Lipinski definition) is 5. The summed E-state index contributed by atoms with van der Waals surface area (Å²) < 4.78 is 27.3. The molecular weight excluding hydrogens is 421 g/mol. The lowest BCUT2D eigenvalue weighted by atomic mass is 9.96. The number of halogens is 1. The van der Waals surface area contributed by atoms with Crippen molar-refractivity contribution in [1.29, 1.82) is 0 Å². The van der Waals surface area contributed by atoms with Gasteiger partial charge in [-0.25, -0.2) is 9.37 Å². The maximum Gasteiger partial charge on any atom is 0.165 e. The van der Waals surface area contributed by atoms with E-state index < -0.39 is 11.4 Å². The Hall–Kier alpha value is -2.90. The fourth-order valence-electron chi connectivity index (χ4n) is 4.16. The lowest BCUT2D eigenvalue weighted by molar-refractivity contribution is -0.0177. The number of likely N-dealkylation sites (tertiary alicyclic amines) is 1. The van der Waals surface area contributed by atoms with Crippen molar-refractivity contribution in [2.75, 3.05) is 26.3 Å². The molecule has 0 radical (unpaired) electrons. The first-order chi connectivity index (χ1) is 16.0. The van der Waals surface area contributed by atoms with Crippen LogP contribution in [0.25, 0.3) is 0 Å². The summed E-state index contributed by atoms with van der Waals surface area (Å²) in [5, 5.41) is 11.0. The lowest BCUT2D eigenvalue weighted by Crippen LogP contribution is -2.37. The molecule has 1 fully saturated rings. The number of aryl methyl sites for hydroxylation is 1. The molecule has 1 aromatic heterocycles. The Morgan fingerprint density at radius 1 is 1.06 bits per heavy atom. The Kier molecular flexibility index (Phi) is 7.62. The van der Waals surface area contributed by atoms with Crippen LogP contribution >= 0.6 is 0 Å². The zero-order valence-electron chi connectivity index (χ0n) is 19.1. The molecule has 0 spiro atoms. The number of aromatic nitrogens is 2. The van der Waals surface area contributed by atoms with Crippen molar-refractivity contribution in [3.8, 4) is 11.5 Å². The average Bonchev–Trinajstić information content (AvgIpc) is 3.13. The molecule has 2 heterocycles. The van der Waals surface area contributed by atoms with E-state index in [-0.39, 0.29) is 12.4 Å². The molecule has 0 bridgehead atoms. The summed E-state index contributed by atoms with van der Waals surface area (Å²) in [5.74, 6) is 1.62. The molecule has 1 atom stereocenters. The maximum absolute atomic E-state index is 13.8. The molecule has 0 unspecified atom stereocenters. The van der Waals surface area contributed by atoms with Crippen LogP contribution in [-0.4, -0.2) is 51.5 Å². The van der Waals surface area contributed by atoms with E-state index in [1.54, 1.807) is 24.4 Å². The first-order valence-corrected chi connectivity index (χ1v) is 11.5. The topological polar surface area (TPSA) is 59.8 Å². The van der Waals surface area contributed by atoms with Crippen LogP contribution in [0.2, 0.25) is 0 Å². The highest BCUT2D eigenvalue weighted by Crippen LogP contribution is 2.26. The van der Waals surface area contributed by atoms with E-state index in [9.17, 15) is 9.50 Å². The average molecular weight is 454 g/mol. The van der Waals surface area contributed by atoms with Crippen molar-refractivity contribution in [2.24, 2.45) is 0 Å². The molecule has 0 saturated carbocycles. The van der Waals surface area contributed by atoms with Crippen LogP contribution in [0, 0.1) is 12.7 Å². The van der Waals surface area contributed by atoms with Crippen LogP contribution < -0.4 is 9.47 Å². The molecule has 2 aromatic carbocycles. The summed E-state index contributed by atoms with van der Waals surface area (Å²) >= 11 is 0. The highest BCUT2D eigenvalue weighted by Gasteiger charge is 2.31. The Labute approximate surface area is 194 Å². The van der Waals surface area contributed by atoms with E-state index in [1.807, 2.05) is 25.3 Å². The van der Waals surface area contributed by atoms with Crippen molar-refractivity contribution < 1.29 is 19.0 Å². The van der Waals surface area contributed by atoms with Crippen LogP contribution in [-0.2, 0) is 13.1 Å². The second-order valence-corrected chi connectivity index (χ2v) is 8.73. The van der Waals surface area contributed by atoms with Crippen molar-refractivity contribution in [1.82, 2.24) is 14.5 Å². The molecule has 0 amide bonds. The molecule has 4 rings (SSSR count). The Morgan fingerprint density at radius 2 is 1.88 bits per heavy atom. The quantitative estimate of drug-likeness (QED) is 0.526. The van der Waals surface area contributed by atoms with Gasteiger partial charge in [0.2, 0.25) is 0 Å². The minimum absolute atomic E-state index is 0.104. The third-order valence-electron chi connectivity index (χ3n) is 6.20. The van der Waals surface area contributed by atoms with Gasteiger partial charge in [0.15, 0.2) is 11.6 Å². The SMILES string of the molecule is Cc1nccn1CCOc1ccc(CN2CCC[C@@](O)(COc3ccccc3F)CC2)cc1. The van der Waals surface area contributed by atoms with E-state index >= 15 is 0 Å². The van der Waals surface area contributed by atoms with Crippen molar-refractivity contribution in [3.05, 3.63) is 78.1 Å². The number of para-hydroxylation sites is 1. The smallest absolute Gasteiger partial charge is 0.165 e. The predicted molar refractivity (Wildman–Crippen MR) is 125 cm³/mol. The molecule has 3 aromatic rings. The van der Waals surface area contributed by atoms with Crippen molar-refractivity contribution in [2.45, 2.75) is 44.9 Å². The Bertz CT molecular complexity index is 1020. The van der Waals surface area contributed by atoms with Gasteiger partial charge < -0.3 is 19.1 Å². The van der Waals surface area contributed by atoms with Crippen molar-refractivity contribution in [3.63, 3.8) is 0 Å². The van der Waals surface area contributed by atoms with E-state index in [0.717, 1.165) is 44.2 Å². The molecule has 1 N–H and O–H groups in total. The van der Waals surface area contributed by atoms with Gasteiger partial charge in [0.25, 0.3) is 0 Å². The van der Waals surface area contributed by atoms with E-state index in [1.165, 1.54) is 11.6 Å². The summed E-state index contributed by atoms with van der Waals surface area (Å²) in [6.07, 6.45) is 5.85. The summed E-state index contributed by atoms with van der Waals surface area (Å²) in [6.45, 7) is 5.94. The second kappa shape index (κ2) is 10.8. The van der Waals surface area contributed by atoms with E-state index in [2.05, 4.69) is 26.6 Å². The largest absolute Gasteiger partial charge is 0.492 e. The number of ether oxygens (including phenoxy) is 2. The molecule has 7 heteroatoms. The maximum atomic E-state index is 13.8. The van der Waals surface area contributed by atoms with E-state index in [0.29, 0.717) is 19.4 Å². The third-order valence-corrected chi connectivity index (χ3v) is 6.20. The number of benzene rings is 2. The molecule has 1 saturated heterocycles. The molecule has 6 nitrogen and oxygen atoms in total. The molecule has 0 aliphatic carbocycles. The first-order valence-electron chi connectivity index (χ1n) is 11.5. The first kappa shape index (κ1) is 23.3. The number of aliphatic hydroxyl groups is 1. The number of nitrogens with zero attached hydrogens (tertiary/aromatic N) is 3. The number of rotatable bonds is 9. The van der Waals surface area contributed by atoms with E-state index in [4.69, 9.17) is 9.47 Å². The zero-order chi connectivity index (χ0) is 23.1. The van der Waals surface area contributed by atoms with Crippen molar-refractivity contribution >= 4 is 0 Å². The fraction of sp³-hybridized carbons (Fsp3) is 0.423. The highest BCUT2D eigenvalue weighted by molar-refractivity contribution is 5.27. The van der Waals surface area contributed by atoms with Gasteiger partial charge >= 0.3 is 0 Å². The second-order valence-electron chi connectivity index (χ2n) is 8.73. The minimum Gasteiger partial charge on any atom is -0.492 e. The zero-order valence-corrected chi connectivity index (χ0v) is 19.1. The number of imidazole rings is 1. The fourth-order valence-corrected chi connectivity index (χ4v) is 4.16. The van der Waals surface area contributed by atoms with Gasteiger partial charge in [-0.2, -0.15) is 0 Å².